The van der Waals surface area contributed by atoms with Crippen molar-refractivity contribution in [3.8, 4) is 0 Å². The molecule has 0 radical (unpaired) electrons. The van der Waals surface area contributed by atoms with Gasteiger partial charge in [0.05, 0.1) is 6.04 Å². The summed E-state index contributed by atoms with van der Waals surface area (Å²) in [6.07, 6.45) is 0.515. The highest BCUT2D eigenvalue weighted by Crippen LogP contribution is 2.28. The Morgan fingerprint density at radius 2 is 2.31 bits per heavy atom. The summed E-state index contributed by atoms with van der Waals surface area (Å²) < 4.78 is 0. The summed E-state index contributed by atoms with van der Waals surface area (Å²) in [4.78, 5) is 11.2. The summed E-state index contributed by atoms with van der Waals surface area (Å²) in [6.45, 7) is 0. The molecule has 0 aromatic heterocycles. The molecular weight excluding hydrogens is 188 g/mol. The van der Waals surface area contributed by atoms with E-state index in [0.717, 1.165) is 11.3 Å². The predicted octanol–water partition coefficient (Wildman–Crippen LogP) is 1.16. The first-order chi connectivity index (χ1) is 6.18. The SMILES string of the molecule is NC1Cc2c(Cl)cccc2NC1=O. The van der Waals surface area contributed by atoms with Gasteiger partial charge in [0.15, 0.2) is 0 Å². The number of halogens is 1. The first-order valence-corrected chi connectivity index (χ1v) is 4.40. The highest BCUT2D eigenvalue weighted by molar-refractivity contribution is 6.32. The molecule has 4 heteroatoms. The zero-order chi connectivity index (χ0) is 9.42. The third-order valence-electron chi connectivity index (χ3n) is 2.14. The van der Waals surface area contributed by atoms with Crippen molar-refractivity contribution >= 4 is 23.2 Å². The van der Waals surface area contributed by atoms with Gasteiger partial charge in [-0.1, -0.05) is 17.7 Å². The highest BCUT2D eigenvalue weighted by Gasteiger charge is 2.23. The van der Waals surface area contributed by atoms with Gasteiger partial charge in [0.2, 0.25) is 5.91 Å². The van der Waals surface area contributed by atoms with Crippen LogP contribution in [0.5, 0.6) is 0 Å². The van der Waals surface area contributed by atoms with Crippen LogP contribution >= 0.6 is 11.6 Å². The van der Waals surface area contributed by atoms with Crippen LogP contribution in [-0.4, -0.2) is 11.9 Å². The second-order valence-corrected chi connectivity index (χ2v) is 3.47. The number of carbonyl (C=O) groups excluding carboxylic acids is 1. The lowest BCUT2D eigenvalue weighted by Gasteiger charge is -2.22. The van der Waals surface area contributed by atoms with E-state index in [0.29, 0.717) is 11.4 Å². The Hall–Kier alpha value is -1.06. The number of nitrogens with one attached hydrogen (secondary N) is 1. The van der Waals surface area contributed by atoms with Crippen LogP contribution in [0.2, 0.25) is 5.02 Å². The summed E-state index contributed by atoms with van der Waals surface area (Å²) in [5.41, 5.74) is 7.30. The molecule has 0 aliphatic carbocycles. The highest BCUT2D eigenvalue weighted by atomic mass is 35.5. The lowest BCUT2D eigenvalue weighted by atomic mass is 10.00. The average Bonchev–Trinajstić information content (AvgIpc) is 2.09. The largest absolute Gasteiger partial charge is 0.324 e. The van der Waals surface area contributed by atoms with Gasteiger partial charge >= 0.3 is 0 Å². The normalized spacial score (nSPS) is 20.8. The number of benzene rings is 1. The zero-order valence-electron chi connectivity index (χ0n) is 6.88. The molecule has 2 rings (SSSR count). The van der Waals surface area contributed by atoms with Crippen molar-refractivity contribution in [2.24, 2.45) is 5.73 Å². The molecular formula is C9H9ClN2O. The molecule has 1 atom stereocenters. The van der Waals surface area contributed by atoms with Crippen molar-refractivity contribution in [1.29, 1.82) is 0 Å². The molecule has 3 nitrogen and oxygen atoms in total. The molecule has 0 bridgehead atoms. The number of fused-ring (bicyclic) bond motifs is 1. The van der Waals surface area contributed by atoms with Crippen molar-refractivity contribution in [2.75, 3.05) is 5.32 Å². The van der Waals surface area contributed by atoms with Crippen molar-refractivity contribution in [3.05, 3.63) is 28.8 Å². The molecule has 1 unspecified atom stereocenters. The summed E-state index contributed by atoms with van der Waals surface area (Å²) in [7, 11) is 0. The van der Waals surface area contributed by atoms with E-state index in [1.54, 1.807) is 12.1 Å². The minimum Gasteiger partial charge on any atom is -0.324 e. The molecule has 1 aromatic carbocycles. The number of hydrogen-bond donors (Lipinski definition) is 2. The fourth-order valence-electron chi connectivity index (χ4n) is 1.42. The maximum Gasteiger partial charge on any atom is 0.241 e. The third kappa shape index (κ3) is 1.41. The van der Waals surface area contributed by atoms with Gasteiger partial charge in [-0.2, -0.15) is 0 Å². The van der Waals surface area contributed by atoms with Crippen molar-refractivity contribution < 1.29 is 4.79 Å². The van der Waals surface area contributed by atoms with Gasteiger partial charge in [-0.3, -0.25) is 4.79 Å². The Labute approximate surface area is 80.9 Å². The van der Waals surface area contributed by atoms with E-state index in [9.17, 15) is 4.79 Å². The van der Waals surface area contributed by atoms with Crippen molar-refractivity contribution in [2.45, 2.75) is 12.5 Å². The molecule has 0 saturated carbocycles. The maximum atomic E-state index is 11.2. The van der Waals surface area contributed by atoms with E-state index in [2.05, 4.69) is 5.32 Å². The van der Waals surface area contributed by atoms with Crippen LogP contribution in [0.1, 0.15) is 5.56 Å². The summed E-state index contributed by atoms with van der Waals surface area (Å²) in [5, 5.41) is 3.36. The Balaban J connectivity index is 2.48. The van der Waals surface area contributed by atoms with Gasteiger partial charge in [0, 0.05) is 17.1 Å². The van der Waals surface area contributed by atoms with Gasteiger partial charge in [-0.15, -0.1) is 0 Å². The number of carbonyl (C=O) groups is 1. The van der Waals surface area contributed by atoms with Crippen LogP contribution in [-0.2, 0) is 11.2 Å². The van der Waals surface area contributed by atoms with Crippen LogP contribution in [0.25, 0.3) is 0 Å². The second kappa shape index (κ2) is 3.01. The van der Waals surface area contributed by atoms with Crippen molar-refractivity contribution in [3.63, 3.8) is 0 Å². The van der Waals surface area contributed by atoms with Crippen LogP contribution in [0.4, 0.5) is 5.69 Å². The molecule has 0 saturated heterocycles. The molecule has 1 heterocycles. The van der Waals surface area contributed by atoms with Crippen LogP contribution < -0.4 is 11.1 Å². The molecule has 1 aromatic rings. The predicted molar refractivity (Wildman–Crippen MR) is 51.8 cm³/mol. The number of hydrogen-bond acceptors (Lipinski definition) is 2. The Bertz CT molecular complexity index is 365. The molecule has 0 spiro atoms. The number of anilines is 1. The molecule has 68 valence electrons. The summed E-state index contributed by atoms with van der Waals surface area (Å²) in [5.74, 6) is -0.144. The molecule has 1 aliphatic rings. The lowest BCUT2D eigenvalue weighted by molar-refractivity contribution is -0.117. The van der Waals surface area contributed by atoms with Gasteiger partial charge in [0.25, 0.3) is 0 Å². The van der Waals surface area contributed by atoms with Crippen LogP contribution in [0, 0.1) is 0 Å². The minimum atomic E-state index is -0.479. The lowest BCUT2D eigenvalue weighted by Crippen LogP contribution is -2.41. The summed E-state index contributed by atoms with van der Waals surface area (Å²) in [6, 6.07) is 4.95. The number of amides is 1. The minimum absolute atomic E-state index is 0.144. The van der Waals surface area contributed by atoms with E-state index < -0.39 is 6.04 Å². The quantitative estimate of drug-likeness (QED) is 0.655. The fraction of sp³-hybridized carbons (Fsp3) is 0.222. The average molecular weight is 197 g/mol. The second-order valence-electron chi connectivity index (χ2n) is 3.07. The Morgan fingerprint density at radius 3 is 3.08 bits per heavy atom. The van der Waals surface area contributed by atoms with E-state index in [1.807, 2.05) is 6.07 Å². The van der Waals surface area contributed by atoms with Gasteiger partial charge in [-0.05, 0) is 17.7 Å². The van der Waals surface area contributed by atoms with E-state index in [1.165, 1.54) is 0 Å². The first kappa shape index (κ1) is 8.53. The van der Waals surface area contributed by atoms with Gasteiger partial charge in [0.1, 0.15) is 0 Å². The van der Waals surface area contributed by atoms with Gasteiger partial charge < -0.3 is 11.1 Å². The Kier molecular flexibility index (Phi) is 1.98. The third-order valence-corrected chi connectivity index (χ3v) is 2.49. The summed E-state index contributed by atoms with van der Waals surface area (Å²) >= 11 is 5.95. The number of rotatable bonds is 0. The Morgan fingerprint density at radius 1 is 1.54 bits per heavy atom. The molecule has 13 heavy (non-hydrogen) atoms. The van der Waals surface area contributed by atoms with Crippen LogP contribution in [0.15, 0.2) is 18.2 Å². The maximum absolute atomic E-state index is 11.2. The molecule has 0 fully saturated rings. The topological polar surface area (TPSA) is 55.1 Å². The molecule has 3 N–H and O–H groups in total. The number of nitrogens with two attached hydrogens (primary N) is 1. The fourth-order valence-corrected chi connectivity index (χ4v) is 1.67. The van der Waals surface area contributed by atoms with Crippen molar-refractivity contribution in [1.82, 2.24) is 0 Å². The molecule has 1 amide bonds. The van der Waals surface area contributed by atoms with E-state index >= 15 is 0 Å². The van der Waals surface area contributed by atoms with E-state index in [-0.39, 0.29) is 5.91 Å². The first-order valence-electron chi connectivity index (χ1n) is 4.02. The van der Waals surface area contributed by atoms with Crippen LogP contribution in [0.3, 0.4) is 0 Å². The standard InChI is InChI=1S/C9H9ClN2O/c10-6-2-1-3-8-5(6)4-7(11)9(13)12-8/h1-3,7H,4,11H2,(H,12,13). The monoisotopic (exact) mass is 196 g/mol. The smallest absolute Gasteiger partial charge is 0.241 e. The van der Waals surface area contributed by atoms with Gasteiger partial charge in [-0.25, -0.2) is 0 Å². The van der Waals surface area contributed by atoms with E-state index in [4.69, 9.17) is 17.3 Å². The molecule has 1 aliphatic heterocycles. The zero-order valence-corrected chi connectivity index (χ0v) is 7.64.